The predicted molar refractivity (Wildman–Crippen MR) is 137 cm³/mol. The van der Waals surface area contributed by atoms with E-state index in [-0.39, 0.29) is 12.3 Å². The van der Waals surface area contributed by atoms with Crippen molar-refractivity contribution >= 4 is 33.5 Å². The van der Waals surface area contributed by atoms with Crippen LogP contribution >= 0.6 is 22.6 Å². The van der Waals surface area contributed by atoms with Crippen molar-refractivity contribution in [2.75, 3.05) is 39.6 Å². The van der Waals surface area contributed by atoms with E-state index in [2.05, 4.69) is 32.7 Å². The summed E-state index contributed by atoms with van der Waals surface area (Å²) in [6.45, 7) is 5.89. The number of hydrogen-bond acceptors (Lipinski definition) is 7. The van der Waals surface area contributed by atoms with Crippen molar-refractivity contribution in [3.05, 3.63) is 51.9 Å². The molecule has 0 aliphatic carbocycles. The van der Waals surface area contributed by atoms with E-state index in [1.165, 1.54) is 0 Å². The van der Waals surface area contributed by atoms with Crippen LogP contribution in [0.15, 0.2) is 42.6 Å². The van der Waals surface area contributed by atoms with Crippen LogP contribution in [0.4, 0.5) is 0 Å². The fourth-order valence-electron chi connectivity index (χ4n) is 3.74. The lowest BCUT2D eigenvalue weighted by Gasteiger charge is -2.23. The number of fused-ring (bicyclic) bond motifs is 1. The first-order valence-corrected chi connectivity index (χ1v) is 12.9. The van der Waals surface area contributed by atoms with E-state index in [0.29, 0.717) is 45.5 Å². The molecule has 8 nitrogen and oxygen atoms in total. The number of aromatic nitrogens is 3. The third kappa shape index (κ3) is 7.35. The van der Waals surface area contributed by atoms with Gasteiger partial charge in [-0.2, -0.15) is 5.10 Å². The van der Waals surface area contributed by atoms with Crippen LogP contribution in [-0.4, -0.2) is 60.5 Å². The summed E-state index contributed by atoms with van der Waals surface area (Å²) in [6, 6.07) is 12.0. The van der Waals surface area contributed by atoms with Crippen molar-refractivity contribution < 1.29 is 23.7 Å². The second-order valence-corrected chi connectivity index (χ2v) is 9.26. The van der Waals surface area contributed by atoms with Gasteiger partial charge in [-0.25, -0.2) is 9.67 Å². The highest BCUT2D eigenvalue weighted by molar-refractivity contribution is 14.1. The molecule has 1 aliphatic rings. The molecule has 0 saturated carbocycles. The van der Waals surface area contributed by atoms with Crippen molar-refractivity contribution in [2.45, 2.75) is 45.1 Å². The number of halogens is 1. The third-order valence-corrected chi connectivity index (χ3v) is 6.33. The van der Waals surface area contributed by atoms with Gasteiger partial charge in [0, 0.05) is 18.1 Å². The lowest BCUT2D eigenvalue weighted by Crippen LogP contribution is -2.21. The Morgan fingerprint density at radius 3 is 2.76 bits per heavy atom. The van der Waals surface area contributed by atoms with Gasteiger partial charge in [-0.15, -0.1) is 0 Å². The maximum absolute atomic E-state index is 5.89. The molecule has 2 unspecified atom stereocenters. The molecule has 1 aromatic carbocycles. The molecule has 34 heavy (non-hydrogen) atoms. The fraction of sp³-hybridized carbons (Fsp3) is 0.520. The van der Waals surface area contributed by atoms with Crippen LogP contribution in [0.3, 0.4) is 0 Å². The van der Waals surface area contributed by atoms with Crippen LogP contribution < -0.4 is 4.74 Å². The predicted octanol–water partition coefficient (Wildman–Crippen LogP) is 4.75. The molecular formula is C25H32IN3O5. The van der Waals surface area contributed by atoms with Gasteiger partial charge in [0.2, 0.25) is 5.88 Å². The summed E-state index contributed by atoms with van der Waals surface area (Å²) in [7, 11) is 0. The van der Waals surface area contributed by atoms with Crippen LogP contribution in [0.1, 0.15) is 38.0 Å². The molecule has 0 radical (unpaired) electrons. The average molecular weight is 581 g/mol. The molecule has 2 aromatic heterocycles. The fourth-order valence-corrected chi connectivity index (χ4v) is 4.40. The van der Waals surface area contributed by atoms with E-state index in [0.717, 1.165) is 46.0 Å². The van der Waals surface area contributed by atoms with E-state index >= 15 is 0 Å². The number of hydrogen-bond donors (Lipinski definition) is 0. The van der Waals surface area contributed by atoms with E-state index in [4.69, 9.17) is 23.7 Å². The van der Waals surface area contributed by atoms with Gasteiger partial charge < -0.3 is 23.7 Å². The van der Waals surface area contributed by atoms with E-state index in [9.17, 15) is 0 Å². The zero-order valence-corrected chi connectivity index (χ0v) is 21.7. The van der Waals surface area contributed by atoms with Gasteiger partial charge in [0.05, 0.1) is 50.9 Å². The standard InChI is InChI=1S/C25H32IN3O5/c1-19(32-14-13-30-11-12-31-18-20-7-3-2-4-8-20)17-34-23-15-21-22(16-27-23)29(28-25(21)26)24-9-5-6-10-33-24/h2-4,7-8,15-16,19,24H,5-6,9-14,17-18H2,1H3. The van der Waals surface area contributed by atoms with Crippen molar-refractivity contribution in [2.24, 2.45) is 0 Å². The third-order valence-electron chi connectivity index (χ3n) is 5.53. The minimum atomic E-state index is -0.0761. The number of nitrogens with zero attached hydrogens (tertiary/aromatic N) is 3. The molecule has 1 saturated heterocycles. The van der Waals surface area contributed by atoms with Gasteiger partial charge in [-0.3, -0.25) is 0 Å². The Morgan fingerprint density at radius 2 is 1.94 bits per heavy atom. The smallest absolute Gasteiger partial charge is 0.214 e. The molecule has 9 heteroatoms. The Balaban J connectivity index is 1.12. The second kappa shape index (κ2) is 13.3. The first kappa shape index (κ1) is 25.3. The monoisotopic (exact) mass is 581 g/mol. The second-order valence-electron chi connectivity index (χ2n) is 8.24. The Labute approximate surface area is 214 Å². The van der Waals surface area contributed by atoms with Crippen molar-refractivity contribution in [3.63, 3.8) is 0 Å². The SMILES string of the molecule is CC(COc1cc2c(I)nn(C3CCCCO3)c2cn1)OCCOCCOCc1ccccc1. The first-order valence-electron chi connectivity index (χ1n) is 11.8. The number of ether oxygens (including phenoxy) is 5. The summed E-state index contributed by atoms with van der Waals surface area (Å²) in [4.78, 5) is 4.47. The zero-order chi connectivity index (χ0) is 23.6. The highest BCUT2D eigenvalue weighted by atomic mass is 127. The maximum atomic E-state index is 5.89. The molecule has 3 aromatic rings. The van der Waals surface area contributed by atoms with Crippen LogP contribution in [0.25, 0.3) is 10.9 Å². The molecule has 184 valence electrons. The lowest BCUT2D eigenvalue weighted by atomic mass is 10.2. The summed E-state index contributed by atoms with van der Waals surface area (Å²) in [5, 5.41) is 5.70. The summed E-state index contributed by atoms with van der Waals surface area (Å²) >= 11 is 2.25. The number of benzene rings is 1. The van der Waals surface area contributed by atoms with Gasteiger partial charge in [-0.1, -0.05) is 30.3 Å². The van der Waals surface area contributed by atoms with Gasteiger partial charge in [-0.05, 0) is 54.3 Å². The molecule has 0 amide bonds. The number of rotatable bonds is 13. The van der Waals surface area contributed by atoms with Crippen LogP contribution in [0, 0.1) is 3.70 Å². The summed E-state index contributed by atoms with van der Waals surface area (Å²) in [6.07, 6.45) is 4.97. The topological polar surface area (TPSA) is 76.9 Å². The van der Waals surface area contributed by atoms with Crippen LogP contribution in [0.5, 0.6) is 5.88 Å². The Hall–Kier alpha value is -1.79. The van der Waals surface area contributed by atoms with Crippen molar-refractivity contribution in [1.29, 1.82) is 0 Å². The Morgan fingerprint density at radius 1 is 1.12 bits per heavy atom. The molecule has 0 bridgehead atoms. The Bertz CT molecular complexity index is 1010. The Kier molecular flexibility index (Phi) is 9.93. The van der Waals surface area contributed by atoms with Crippen molar-refractivity contribution in [3.8, 4) is 5.88 Å². The summed E-state index contributed by atoms with van der Waals surface area (Å²) in [5.41, 5.74) is 2.13. The minimum absolute atomic E-state index is 0.0144. The first-order chi connectivity index (χ1) is 16.7. The number of pyridine rings is 1. The van der Waals surface area contributed by atoms with Crippen molar-refractivity contribution in [1.82, 2.24) is 14.8 Å². The molecule has 0 N–H and O–H groups in total. The van der Waals surface area contributed by atoms with E-state index in [1.807, 2.05) is 54.2 Å². The molecule has 1 aliphatic heterocycles. The van der Waals surface area contributed by atoms with Crippen LogP contribution in [0.2, 0.25) is 0 Å². The molecule has 4 rings (SSSR count). The van der Waals surface area contributed by atoms with Crippen LogP contribution in [-0.2, 0) is 25.6 Å². The largest absolute Gasteiger partial charge is 0.475 e. The lowest BCUT2D eigenvalue weighted by molar-refractivity contribution is -0.0369. The minimum Gasteiger partial charge on any atom is -0.475 e. The highest BCUT2D eigenvalue weighted by Gasteiger charge is 2.21. The van der Waals surface area contributed by atoms with E-state index < -0.39 is 0 Å². The molecular weight excluding hydrogens is 549 g/mol. The summed E-state index contributed by atoms with van der Waals surface area (Å²) in [5.74, 6) is 0.566. The maximum Gasteiger partial charge on any atom is 0.214 e. The summed E-state index contributed by atoms with van der Waals surface area (Å²) < 4.78 is 31.6. The normalized spacial score (nSPS) is 17.2. The quantitative estimate of drug-likeness (QED) is 0.213. The molecule has 0 spiro atoms. The average Bonchev–Trinajstić information content (AvgIpc) is 3.21. The van der Waals surface area contributed by atoms with Gasteiger partial charge >= 0.3 is 0 Å². The molecule has 3 heterocycles. The molecule has 2 atom stereocenters. The van der Waals surface area contributed by atoms with Gasteiger partial charge in [0.1, 0.15) is 10.3 Å². The highest BCUT2D eigenvalue weighted by Crippen LogP contribution is 2.29. The van der Waals surface area contributed by atoms with Gasteiger partial charge in [0.25, 0.3) is 0 Å². The van der Waals surface area contributed by atoms with Gasteiger partial charge in [0.15, 0.2) is 6.23 Å². The van der Waals surface area contributed by atoms with E-state index in [1.54, 1.807) is 0 Å². The zero-order valence-electron chi connectivity index (χ0n) is 19.5. The molecule has 1 fully saturated rings.